The van der Waals surface area contributed by atoms with E-state index in [1.54, 1.807) is 6.07 Å². The highest BCUT2D eigenvalue weighted by Gasteiger charge is 1.94. The molecule has 64 valence electrons. The zero-order valence-electron chi connectivity index (χ0n) is 6.85. The van der Waals surface area contributed by atoms with Gasteiger partial charge in [0.25, 0.3) is 0 Å². The molecule has 0 radical (unpaired) electrons. The SMILES string of the molecule is Cc1cc(F)ccc1C=CCCl. The zero-order chi connectivity index (χ0) is 8.97. The molecule has 1 aromatic carbocycles. The topological polar surface area (TPSA) is 0 Å². The molecule has 0 heterocycles. The first-order valence-corrected chi connectivity index (χ1v) is 4.26. The third-order valence-corrected chi connectivity index (χ3v) is 1.80. The van der Waals surface area contributed by atoms with Crippen LogP contribution in [-0.2, 0) is 0 Å². The second-order valence-corrected chi connectivity index (χ2v) is 2.87. The van der Waals surface area contributed by atoms with E-state index in [1.165, 1.54) is 12.1 Å². The van der Waals surface area contributed by atoms with Gasteiger partial charge in [-0.05, 0) is 30.2 Å². The molecule has 0 bridgehead atoms. The van der Waals surface area contributed by atoms with Crippen molar-refractivity contribution < 1.29 is 4.39 Å². The second kappa shape index (κ2) is 4.27. The van der Waals surface area contributed by atoms with Gasteiger partial charge in [0.15, 0.2) is 0 Å². The van der Waals surface area contributed by atoms with Crippen LogP contribution in [0.3, 0.4) is 0 Å². The Morgan fingerprint density at radius 1 is 1.50 bits per heavy atom. The number of halogens is 2. The molecule has 1 aromatic rings. The lowest BCUT2D eigenvalue weighted by Crippen LogP contribution is -1.82. The third kappa shape index (κ3) is 2.35. The summed E-state index contributed by atoms with van der Waals surface area (Å²) >= 11 is 5.47. The fourth-order valence-corrected chi connectivity index (χ4v) is 1.09. The maximum absolute atomic E-state index is 12.6. The summed E-state index contributed by atoms with van der Waals surface area (Å²) in [6.45, 7) is 1.87. The van der Waals surface area contributed by atoms with Crippen LogP contribution in [0.4, 0.5) is 4.39 Å². The first-order valence-electron chi connectivity index (χ1n) is 3.72. The van der Waals surface area contributed by atoms with Crippen molar-refractivity contribution in [2.24, 2.45) is 0 Å². The predicted molar refractivity (Wildman–Crippen MR) is 50.9 cm³/mol. The molecule has 12 heavy (non-hydrogen) atoms. The minimum Gasteiger partial charge on any atom is -0.207 e. The number of hydrogen-bond acceptors (Lipinski definition) is 0. The Morgan fingerprint density at radius 2 is 2.25 bits per heavy atom. The summed E-state index contributed by atoms with van der Waals surface area (Å²) in [6, 6.07) is 4.70. The summed E-state index contributed by atoms with van der Waals surface area (Å²) in [5.41, 5.74) is 1.94. The molecular formula is C10H10ClF. The molecule has 0 aliphatic heterocycles. The van der Waals surface area contributed by atoms with E-state index in [0.29, 0.717) is 5.88 Å². The lowest BCUT2D eigenvalue weighted by Gasteiger charge is -1.98. The standard InChI is InChI=1S/C10H10ClF/c1-8-7-10(12)5-4-9(8)3-2-6-11/h2-5,7H,6H2,1H3. The van der Waals surface area contributed by atoms with Crippen LogP contribution in [0.2, 0.25) is 0 Å². The van der Waals surface area contributed by atoms with Gasteiger partial charge in [0.2, 0.25) is 0 Å². The lowest BCUT2D eigenvalue weighted by molar-refractivity contribution is 0.626. The Kier molecular flexibility index (Phi) is 3.30. The first-order chi connectivity index (χ1) is 5.74. The number of hydrogen-bond donors (Lipinski definition) is 0. The van der Waals surface area contributed by atoms with Crippen LogP contribution < -0.4 is 0 Å². The van der Waals surface area contributed by atoms with Crippen LogP contribution in [0.15, 0.2) is 24.3 Å². The van der Waals surface area contributed by atoms with E-state index in [2.05, 4.69) is 0 Å². The zero-order valence-corrected chi connectivity index (χ0v) is 7.61. The van der Waals surface area contributed by atoms with Crippen molar-refractivity contribution in [3.63, 3.8) is 0 Å². The van der Waals surface area contributed by atoms with Crippen molar-refractivity contribution >= 4 is 17.7 Å². The Hall–Kier alpha value is -0.820. The van der Waals surface area contributed by atoms with Crippen molar-refractivity contribution in [1.82, 2.24) is 0 Å². The van der Waals surface area contributed by atoms with E-state index in [-0.39, 0.29) is 5.82 Å². The molecular weight excluding hydrogens is 175 g/mol. The molecule has 0 fully saturated rings. The van der Waals surface area contributed by atoms with Crippen molar-refractivity contribution in [3.05, 3.63) is 41.2 Å². The third-order valence-electron chi connectivity index (χ3n) is 1.62. The van der Waals surface area contributed by atoms with Crippen LogP contribution >= 0.6 is 11.6 Å². The van der Waals surface area contributed by atoms with E-state index in [1.807, 2.05) is 19.1 Å². The Morgan fingerprint density at radius 3 is 2.83 bits per heavy atom. The predicted octanol–water partition coefficient (Wildman–Crippen LogP) is 3.39. The Bertz CT molecular complexity index is 292. The van der Waals surface area contributed by atoms with Crippen LogP contribution in [0.25, 0.3) is 6.08 Å². The lowest BCUT2D eigenvalue weighted by atomic mass is 10.1. The van der Waals surface area contributed by atoms with Crippen molar-refractivity contribution in [2.75, 3.05) is 5.88 Å². The normalized spacial score (nSPS) is 10.9. The summed E-state index contributed by atoms with van der Waals surface area (Å²) in [5.74, 6) is 0.284. The maximum Gasteiger partial charge on any atom is 0.123 e. The molecule has 0 unspecified atom stereocenters. The van der Waals surface area contributed by atoms with Gasteiger partial charge < -0.3 is 0 Å². The van der Waals surface area contributed by atoms with Gasteiger partial charge in [-0.2, -0.15) is 0 Å². The molecule has 2 heteroatoms. The minimum absolute atomic E-state index is 0.199. The molecule has 0 N–H and O–H groups in total. The molecule has 1 rings (SSSR count). The van der Waals surface area contributed by atoms with E-state index < -0.39 is 0 Å². The van der Waals surface area contributed by atoms with Gasteiger partial charge in [-0.3, -0.25) is 0 Å². The summed E-state index contributed by atoms with van der Waals surface area (Å²) in [4.78, 5) is 0. The average molecular weight is 185 g/mol. The summed E-state index contributed by atoms with van der Waals surface area (Å²) in [5, 5.41) is 0. The van der Waals surface area contributed by atoms with Gasteiger partial charge in [0.05, 0.1) is 0 Å². The quantitative estimate of drug-likeness (QED) is 0.619. The van der Waals surface area contributed by atoms with E-state index in [9.17, 15) is 4.39 Å². The van der Waals surface area contributed by atoms with Crippen LogP contribution in [0.1, 0.15) is 11.1 Å². The van der Waals surface area contributed by atoms with E-state index in [0.717, 1.165) is 11.1 Å². The molecule has 0 aliphatic carbocycles. The van der Waals surface area contributed by atoms with E-state index >= 15 is 0 Å². The van der Waals surface area contributed by atoms with Gasteiger partial charge in [-0.25, -0.2) is 4.39 Å². The molecule has 0 saturated heterocycles. The van der Waals surface area contributed by atoms with Gasteiger partial charge in [0, 0.05) is 5.88 Å². The van der Waals surface area contributed by atoms with Crippen LogP contribution in [0.5, 0.6) is 0 Å². The summed E-state index contributed by atoms with van der Waals surface area (Å²) in [7, 11) is 0. The Balaban J connectivity index is 2.94. The fraction of sp³-hybridized carbons (Fsp3) is 0.200. The molecule has 0 nitrogen and oxygen atoms in total. The van der Waals surface area contributed by atoms with Crippen molar-refractivity contribution in [1.29, 1.82) is 0 Å². The van der Waals surface area contributed by atoms with Crippen molar-refractivity contribution in [2.45, 2.75) is 6.92 Å². The average Bonchev–Trinajstić information content (AvgIpc) is 2.03. The van der Waals surface area contributed by atoms with Gasteiger partial charge in [0.1, 0.15) is 5.82 Å². The minimum atomic E-state index is -0.199. The fourth-order valence-electron chi connectivity index (χ4n) is 0.998. The molecule has 0 atom stereocenters. The van der Waals surface area contributed by atoms with Gasteiger partial charge in [-0.1, -0.05) is 18.2 Å². The monoisotopic (exact) mass is 184 g/mol. The number of aryl methyl sites for hydroxylation is 1. The highest BCUT2D eigenvalue weighted by atomic mass is 35.5. The molecule has 0 aromatic heterocycles. The number of rotatable bonds is 2. The smallest absolute Gasteiger partial charge is 0.123 e. The molecule has 0 spiro atoms. The van der Waals surface area contributed by atoms with Gasteiger partial charge in [-0.15, -0.1) is 11.6 Å². The summed E-state index contributed by atoms with van der Waals surface area (Å²) < 4.78 is 12.6. The van der Waals surface area contributed by atoms with Crippen LogP contribution in [0, 0.1) is 12.7 Å². The Labute approximate surface area is 76.7 Å². The first kappa shape index (κ1) is 9.27. The van der Waals surface area contributed by atoms with Gasteiger partial charge >= 0.3 is 0 Å². The number of allylic oxidation sites excluding steroid dienone is 1. The number of benzene rings is 1. The van der Waals surface area contributed by atoms with Crippen molar-refractivity contribution in [3.8, 4) is 0 Å². The highest BCUT2D eigenvalue weighted by Crippen LogP contribution is 2.11. The second-order valence-electron chi connectivity index (χ2n) is 2.56. The van der Waals surface area contributed by atoms with Crippen LogP contribution in [-0.4, -0.2) is 5.88 Å². The summed E-state index contributed by atoms with van der Waals surface area (Å²) in [6.07, 6.45) is 3.73. The molecule has 0 amide bonds. The number of alkyl halides is 1. The highest BCUT2D eigenvalue weighted by molar-refractivity contribution is 6.19. The largest absolute Gasteiger partial charge is 0.207 e. The maximum atomic E-state index is 12.6. The molecule has 0 saturated carbocycles. The molecule has 0 aliphatic rings. The van der Waals surface area contributed by atoms with E-state index in [4.69, 9.17) is 11.6 Å².